The van der Waals surface area contributed by atoms with Gasteiger partial charge in [0.05, 0.1) is 32.6 Å². The van der Waals surface area contributed by atoms with E-state index in [-0.39, 0.29) is 11.4 Å². The van der Waals surface area contributed by atoms with Gasteiger partial charge in [0.1, 0.15) is 11.3 Å². The number of ether oxygens (including phenoxy) is 4. The van der Waals surface area contributed by atoms with E-state index in [1.54, 1.807) is 18.2 Å². The molecule has 2 rings (SSSR count). The summed E-state index contributed by atoms with van der Waals surface area (Å²) in [7, 11) is 3.20. The van der Waals surface area contributed by atoms with Gasteiger partial charge in [-0.25, -0.2) is 19.2 Å². The van der Waals surface area contributed by atoms with Gasteiger partial charge in [-0.15, -0.1) is 0 Å². The van der Waals surface area contributed by atoms with E-state index in [0.717, 1.165) is 33.0 Å². The zero-order valence-electron chi connectivity index (χ0n) is 15.1. The number of esters is 4. The van der Waals surface area contributed by atoms with E-state index in [4.69, 9.17) is 4.74 Å². The quantitative estimate of drug-likeness (QED) is 0.356. The van der Waals surface area contributed by atoms with Crippen molar-refractivity contribution in [2.75, 3.05) is 26.6 Å². The minimum Gasteiger partial charge on any atom is -0.466 e. The second kappa shape index (κ2) is 8.17. The number of hydrogen-bond donors (Lipinski definition) is 1. The first-order valence-electron chi connectivity index (χ1n) is 7.63. The number of methoxy groups -OCH3 is 3. The molecule has 1 heterocycles. The fourth-order valence-corrected chi connectivity index (χ4v) is 2.29. The lowest BCUT2D eigenvalue weighted by atomic mass is 10.0. The average molecular weight is 375 g/mol. The Kier molecular flexibility index (Phi) is 5.96. The number of nitrogens with one attached hydrogen (secondary N) is 1. The average Bonchev–Trinajstić information content (AvgIpc) is 2.66. The van der Waals surface area contributed by atoms with Crippen LogP contribution in [0.4, 0.5) is 5.69 Å². The minimum atomic E-state index is -1.05. The van der Waals surface area contributed by atoms with Crippen molar-refractivity contribution in [3.63, 3.8) is 0 Å². The molecule has 0 saturated carbocycles. The van der Waals surface area contributed by atoms with Crippen LogP contribution in [-0.2, 0) is 33.4 Å². The molecule has 0 spiro atoms. The maximum atomic E-state index is 12.5. The summed E-state index contributed by atoms with van der Waals surface area (Å²) >= 11 is 0. The fraction of sp³-hybridized carbons (Fsp3) is 0.222. The van der Waals surface area contributed by atoms with E-state index in [9.17, 15) is 19.2 Å². The number of benzene rings is 1. The molecule has 9 nitrogen and oxygen atoms in total. The SMILES string of the molecule is COC(=O)/C=C(C(=O)OC)\C(C(=O)OC)=C1\Nc2ccc(C)cc2OC1=O. The summed E-state index contributed by atoms with van der Waals surface area (Å²) in [6, 6.07) is 5.01. The van der Waals surface area contributed by atoms with Crippen LogP contribution in [-0.4, -0.2) is 45.2 Å². The zero-order chi connectivity index (χ0) is 20.1. The summed E-state index contributed by atoms with van der Waals surface area (Å²) in [5, 5.41) is 2.74. The first-order chi connectivity index (χ1) is 12.8. The smallest absolute Gasteiger partial charge is 0.361 e. The standard InChI is InChI=1S/C18H17NO8/c1-9-5-6-11-12(7-9)27-18(23)15(19-11)14(17(22)26-4)10(16(21)25-3)8-13(20)24-2/h5-8,19H,1-4H3/b10-8+,15-14-. The highest BCUT2D eigenvalue weighted by molar-refractivity contribution is 6.15. The number of anilines is 1. The summed E-state index contributed by atoms with van der Waals surface area (Å²) in [5.41, 5.74) is -0.181. The Hall–Kier alpha value is -3.62. The van der Waals surface area contributed by atoms with Crippen LogP contribution in [0.5, 0.6) is 5.75 Å². The number of carbonyl (C=O) groups is 4. The van der Waals surface area contributed by atoms with Gasteiger partial charge in [-0.2, -0.15) is 0 Å². The van der Waals surface area contributed by atoms with E-state index in [1.165, 1.54) is 0 Å². The Balaban J connectivity index is 2.70. The number of carbonyl (C=O) groups excluding carboxylic acids is 4. The van der Waals surface area contributed by atoms with E-state index in [2.05, 4.69) is 19.5 Å². The molecule has 1 aromatic carbocycles. The van der Waals surface area contributed by atoms with Crippen LogP contribution in [0.25, 0.3) is 0 Å². The molecule has 0 radical (unpaired) electrons. The first-order valence-corrected chi connectivity index (χ1v) is 7.63. The number of aryl methyl sites for hydroxylation is 1. The molecular weight excluding hydrogens is 358 g/mol. The highest BCUT2D eigenvalue weighted by Gasteiger charge is 2.34. The Morgan fingerprint density at radius 2 is 1.70 bits per heavy atom. The summed E-state index contributed by atoms with van der Waals surface area (Å²) in [6.45, 7) is 1.81. The van der Waals surface area contributed by atoms with Crippen molar-refractivity contribution in [1.82, 2.24) is 0 Å². The van der Waals surface area contributed by atoms with Gasteiger partial charge in [0, 0.05) is 6.08 Å². The molecular formula is C18H17NO8. The van der Waals surface area contributed by atoms with Crippen molar-refractivity contribution in [1.29, 1.82) is 0 Å². The topological polar surface area (TPSA) is 117 Å². The molecule has 0 aliphatic carbocycles. The largest absolute Gasteiger partial charge is 0.466 e. The van der Waals surface area contributed by atoms with Crippen LogP contribution in [0.2, 0.25) is 0 Å². The van der Waals surface area contributed by atoms with E-state index in [1.807, 2.05) is 6.92 Å². The van der Waals surface area contributed by atoms with Gasteiger partial charge in [0.15, 0.2) is 5.75 Å². The molecule has 1 N–H and O–H groups in total. The number of fused-ring (bicyclic) bond motifs is 1. The molecule has 1 aliphatic rings. The molecule has 0 atom stereocenters. The fourth-order valence-electron chi connectivity index (χ4n) is 2.29. The normalized spacial score (nSPS) is 15.0. The molecule has 0 bridgehead atoms. The Bertz CT molecular complexity index is 881. The summed E-state index contributed by atoms with van der Waals surface area (Å²) < 4.78 is 19.0. The summed E-state index contributed by atoms with van der Waals surface area (Å²) in [5.74, 6) is -3.71. The van der Waals surface area contributed by atoms with Gasteiger partial charge in [0.25, 0.3) is 0 Å². The molecule has 9 heteroatoms. The Morgan fingerprint density at radius 3 is 2.30 bits per heavy atom. The molecule has 142 valence electrons. The minimum absolute atomic E-state index is 0.254. The van der Waals surface area contributed by atoms with Crippen molar-refractivity contribution < 1.29 is 38.1 Å². The third-order valence-electron chi connectivity index (χ3n) is 3.58. The Morgan fingerprint density at radius 1 is 1.04 bits per heavy atom. The lowest BCUT2D eigenvalue weighted by Crippen LogP contribution is -2.29. The third-order valence-corrected chi connectivity index (χ3v) is 3.58. The van der Waals surface area contributed by atoms with E-state index >= 15 is 0 Å². The third kappa shape index (κ3) is 4.14. The molecule has 1 aliphatic heterocycles. The number of rotatable bonds is 4. The summed E-state index contributed by atoms with van der Waals surface area (Å²) in [6.07, 6.45) is 0.727. The van der Waals surface area contributed by atoms with Gasteiger partial charge >= 0.3 is 23.9 Å². The lowest BCUT2D eigenvalue weighted by molar-refractivity contribution is -0.140. The van der Waals surface area contributed by atoms with Crippen molar-refractivity contribution in [3.8, 4) is 5.75 Å². The van der Waals surface area contributed by atoms with E-state index in [0.29, 0.717) is 5.69 Å². The second-order valence-corrected chi connectivity index (χ2v) is 5.33. The molecule has 1 aromatic rings. The van der Waals surface area contributed by atoms with E-state index < -0.39 is 35.0 Å². The van der Waals surface area contributed by atoms with Crippen molar-refractivity contribution in [2.45, 2.75) is 6.92 Å². The predicted octanol–water partition coefficient (Wildman–Crippen LogP) is 1.03. The van der Waals surface area contributed by atoms with Gasteiger partial charge < -0.3 is 24.3 Å². The maximum absolute atomic E-state index is 12.5. The second-order valence-electron chi connectivity index (χ2n) is 5.33. The van der Waals surface area contributed by atoms with Gasteiger partial charge in [-0.05, 0) is 24.6 Å². The molecule has 0 unspecified atom stereocenters. The van der Waals surface area contributed by atoms with Crippen LogP contribution in [0.1, 0.15) is 5.56 Å². The maximum Gasteiger partial charge on any atom is 0.361 e. The van der Waals surface area contributed by atoms with Gasteiger partial charge in [-0.3, -0.25) is 0 Å². The molecule has 0 amide bonds. The highest BCUT2D eigenvalue weighted by Crippen LogP contribution is 2.33. The highest BCUT2D eigenvalue weighted by atomic mass is 16.5. The first kappa shape index (κ1) is 19.7. The number of hydrogen-bond acceptors (Lipinski definition) is 9. The lowest BCUT2D eigenvalue weighted by Gasteiger charge is -2.22. The predicted molar refractivity (Wildman–Crippen MR) is 91.6 cm³/mol. The zero-order valence-corrected chi connectivity index (χ0v) is 15.1. The van der Waals surface area contributed by atoms with Crippen LogP contribution < -0.4 is 10.1 Å². The molecule has 27 heavy (non-hydrogen) atoms. The van der Waals surface area contributed by atoms with Crippen molar-refractivity contribution >= 4 is 29.6 Å². The molecule has 0 fully saturated rings. The summed E-state index contributed by atoms with van der Waals surface area (Å²) in [4.78, 5) is 48.6. The Labute approximate surface area is 154 Å². The van der Waals surface area contributed by atoms with Crippen LogP contribution in [0.15, 0.2) is 41.1 Å². The van der Waals surface area contributed by atoms with Crippen LogP contribution in [0, 0.1) is 6.92 Å². The van der Waals surface area contributed by atoms with Crippen LogP contribution >= 0.6 is 0 Å². The van der Waals surface area contributed by atoms with Crippen molar-refractivity contribution in [3.05, 3.63) is 46.7 Å². The van der Waals surface area contributed by atoms with Gasteiger partial charge in [-0.1, -0.05) is 6.07 Å². The van der Waals surface area contributed by atoms with Gasteiger partial charge in [0.2, 0.25) is 0 Å². The van der Waals surface area contributed by atoms with Crippen LogP contribution in [0.3, 0.4) is 0 Å². The molecule has 0 aromatic heterocycles. The monoisotopic (exact) mass is 375 g/mol. The molecule has 0 saturated heterocycles. The van der Waals surface area contributed by atoms with Crippen molar-refractivity contribution in [2.24, 2.45) is 0 Å².